The van der Waals surface area contributed by atoms with Gasteiger partial charge in [0.15, 0.2) is 6.29 Å². The van der Waals surface area contributed by atoms with Crippen LogP contribution in [-0.4, -0.2) is 14.2 Å². The van der Waals surface area contributed by atoms with E-state index in [2.05, 4.69) is 13.8 Å². The third-order valence-electron chi connectivity index (χ3n) is 2.36. The summed E-state index contributed by atoms with van der Waals surface area (Å²) in [6.45, 7) is 4.22. The molecule has 0 heterocycles. The van der Waals surface area contributed by atoms with Gasteiger partial charge in [0, 0.05) is 19.8 Å². The topological polar surface area (TPSA) is 18.5 Å². The third-order valence-corrected chi connectivity index (χ3v) is 2.80. The average molecular weight is 229 g/mol. The average Bonchev–Trinajstić information content (AvgIpc) is 2.21. The summed E-state index contributed by atoms with van der Waals surface area (Å²) in [5.41, 5.74) is 2.00. The molecule has 0 saturated carbocycles. The first-order valence-electron chi connectivity index (χ1n) is 4.95. The summed E-state index contributed by atoms with van der Waals surface area (Å²) in [6.07, 6.45) is -0.392. The Morgan fingerprint density at radius 3 is 2.07 bits per heavy atom. The molecule has 84 valence electrons. The zero-order valence-electron chi connectivity index (χ0n) is 9.58. The lowest BCUT2D eigenvalue weighted by molar-refractivity contribution is -0.105. The number of hydrogen-bond donors (Lipinski definition) is 0. The van der Waals surface area contributed by atoms with Crippen molar-refractivity contribution in [2.45, 2.75) is 26.1 Å². The molecule has 1 rings (SSSR count). The molecule has 0 radical (unpaired) electrons. The standard InChI is InChI=1S/C12H17ClO2/c1-8(2)9-6-5-7-10(11(9)13)12(14-3)15-4/h5-8,12H,1-4H3. The molecule has 0 fully saturated rings. The van der Waals surface area contributed by atoms with E-state index >= 15 is 0 Å². The van der Waals surface area contributed by atoms with Gasteiger partial charge in [0.2, 0.25) is 0 Å². The van der Waals surface area contributed by atoms with Crippen molar-refractivity contribution in [2.75, 3.05) is 14.2 Å². The zero-order valence-corrected chi connectivity index (χ0v) is 10.3. The van der Waals surface area contributed by atoms with E-state index in [1.807, 2.05) is 18.2 Å². The first kappa shape index (κ1) is 12.5. The Bertz CT molecular complexity index is 319. The number of benzene rings is 1. The molecule has 0 aliphatic carbocycles. The van der Waals surface area contributed by atoms with Crippen LogP contribution in [0.1, 0.15) is 37.2 Å². The molecule has 0 amide bonds. The van der Waals surface area contributed by atoms with Gasteiger partial charge in [-0.3, -0.25) is 0 Å². The fourth-order valence-electron chi connectivity index (χ4n) is 1.55. The summed E-state index contributed by atoms with van der Waals surface area (Å²) in [5.74, 6) is 0.395. The van der Waals surface area contributed by atoms with E-state index in [9.17, 15) is 0 Å². The Labute approximate surface area is 96.2 Å². The first-order chi connectivity index (χ1) is 7.11. The fourth-order valence-corrected chi connectivity index (χ4v) is 1.98. The summed E-state index contributed by atoms with van der Waals surface area (Å²) in [7, 11) is 3.21. The van der Waals surface area contributed by atoms with Gasteiger partial charge in [-0.1, -0.05) is 43.6 Å². The number of methoxy groups -OCH3 is 2. The molecule has 0 atom stereocenters. The second-order valence-electron chi connectivity index (χ2n) is 3.71. The van der Waals surface area contributed by atoms with Crippen molar-refractivity contribution in [1.29, 1.82) is 0 Å². The Hall–Kier alpha value is -0.570. The van der Waals surface area contributed by atoms with Crippen LogP contribution in [-0.2, 0) is 9.47 Å². The molecule has 0 aliphatic heterocycles. The lowest BCUT2D eigenvalue weighted by Gasteiger charge is -2.18. The van der Waals surface area contributed by atoms with Crippen molar-refractivity contribution in [2.24, 2.45) is 0 Å². The van der Waals surface area contributed by atoms with E-state index in [-0.39, 0.29) is 0 Å². The molecule has 1 aromatic carbocycles. The monoisotopic (exact) mass is 228 g/mol. The van der Waals surface area contributed by atoms with Crippen LogP contribution in [0.15, 0.2) is 18.2 Å². The van der Waals surface area contributed by atoms with Gasteiger partial charge in [-0.25, -0.2) is 0 Å². The van der Waals surface area contributed by atoms with E-state index in [0.717, 1.165) is 16.1 Å². The molecule has 0 spiro atoms. The predicted octanol–water partition coefficient (Wildman–Crippen LogP) is 3.75. The highest BCUT2D eigenvalue weighted by atomic mass is 35.5. The van der Waals surface area contributed by atoms with Crippen LogP contribution in [0.2, 0.25) is 5.02 Å². The lowest BCUT2D eigenvalue weighted by Crippen LogP contribution is -2.05. The molecule has 15 heavy (non-hydrogen) atoms. The van der Waals surface area contributed by atoms with Gasteiger partial charge in [0.05, 0.1) is 5.02 Å². The van der Waals surface area contributed by atoms with E-state index in [1.165, 1.54) is 0 Å². The smallest absolute Gasteiger partial charge is 0.184 e. The molecule has 0 N–H and O–H groups in total. The second-order valence-corrected chi connectivity index (χ2v) is 4.09. The highest BCUT2D eigenvalue weighted by Gasteiger charge is 2.16. The van der Waals surface area contributed by atoms with Crippen molar-refractivity contribution in [3.8, 4) is 0 Å². The third kappa shape index (κ3) is 2.71. The summed E-state index contributed by atoms with van der Waals surface area (Å²) >= 11 is 6.30. The minimum atomic E-state index is -0.392. The lowest BCUT2D eigenvalue weighted by atomic mass is 10.0. The highest BCUT2D eigenvalue weighted by Crippen LogP contribution is 2.32. The SMILES string of the molecule is COC(OC)c1cccc(C(C)C)c1Cl. The van der Waals surface area contributed by atoms with Gasteiger partial charge in [-0.2, -0.15) is 0 Å². The van der Waals surface area contributed by atoms with Crippen molar-refractivity contribution in [3.05, 3.63) is 34.3 Å². The molecule has 0 unspecified atom stereocenters. The van der Waals surface area contributed by atoms with Gasteiger partial charge in [0.25, 0.3) is 0 Å². The minimum Gasteiger partial charge on any atom is -0.352 e. The van der Waals surface area contributed by atoms with Crippen LogP contribution in [0.4, 0.5) is 0 Å². The largest absolute Gasteiger partial charge is 0.352 e. The molecular weight excluding hydrogens is 212 g/mol. The fraction of sp³-hybridized carbons (Fsp3) is 0.500. The Kier molecular flexibility index (Phi) is 4.58. The normalized spacial score (nSPS) is 11.4. The van der Waals surface area contributed by atoms with Crippen LogP contribution in [0, 0.1) is 0 Å². The van der Waals surface area contributed by atoms with Crippen molar-refractivity contribution < 1.29 is 9.47 Å². The van der Waals surface area contributed by atoms with Crippen LogP contribution in [0.25, 0.3) is 0 Å². The van der Waals surface area contributed by atoms with Gasteiger partial charge < -0.3 is 9.47 Å². The quantitative estimate of drug-likeness (QED) is 0.731. The van der Waals surface area contributed by atoms with Gasteiger partial charge in [-0.15, -0.1) is 0 Å². The Balaban J connectivity index is 3.14. The summed E-state index contributed by atoms with van der Waals surface area (Å²) in [5, 5.41) is 0.737. The van der Waals surface area contributed by atoms with Crippen LogP contribution in [0.5, 0.6) is 0 Å². The molecule has 3 heteroatoms. The molecule has 1 aromatic rings. The van der Waals surface area contributed by atoms with E-state index < -0.39 is 6.29 Å². The molecule has 0 bridgehead atoms. The number of halogens is 1. The van der Waals surface area contributed by atoms with Gasteiger partial charge in [-0.05, 0) is 11.5 Å². The molecular formula is C12H17ClO2. The van der Waals surface area contributed by atoms with Gasteiger partial charge >= 0.3 is 0 Å². The number of rotatable bonds is 4. The molecule has 2 nitrogen and oxygen atoms in total. The second kappa shape index (κ2) is 5.50. The Morgan fingerprint density at radius 1 is 1.07 bits per heavy atom. The van der Waals surface area contributed by atoms with Crippen molar-refractivity contribution in [1.82, 2.24) is 0 Å². The summed E-state index contributed by atoms with van der Waals surface area (Å²) in [6, 6.07) is 5.92. The zero-order chi connectivity index (χ0) is 11.4. The molecule has 0 aromatic heterocycles. The summed E-state index contributed by atoms with van der Waals surface area (Å²) in [4.78, 5) is 0. The minimum absolute atomic E-state index is 0.392. The van der Waals surface area contributed by atoms with Crippen molar-refractivity contribution >= 4 is 11.6 Å². The predicted molar refractivity (Wildman–Crippen MR) is 62.3 cm³/mol. The van der Waals surface area contributed by atoms with E-state index in [1.54, 1.807) is 14.2 Å². The number of hydrogen-bond acceptors (Lipinski definition) is 2. The van der Waals surface area contributed by atoms with Gasteiger partial charge in [0.1, 0.15) is 0 Å². The Morgan fingerprint density at radius 2 is 1.60 bits per heavy atom. The summed E-state index contributed by atoms with van der Waals surface area (Å²) < 4.78 is 10.4. The van der Waals surface area contributed by atoms with E-state index in [0.29, 0.717) is 5.92 Å². The molecule has 0 saturated heterocycles. The van der Waals surface area contributed by atoms with Crippen LogP contribution >= 0.6 is 11.6 Å². The van der Waals surface area contributed by atoms with Crippen molar-refractivity contribution in [3.63, 3.8) is 0 Å². The maximum Gasteiger partial charge on any atom is 0.184 e. The molecule has 0 aliphatic rings. The highest BCUT2D eigenvalue weighted by molar-refractivity contribution is 6.32. The van der Waals surface area contributed by atoms with Crippen LogP contribution < -0.4 is 0 Å². The number of ether oxygens (including phenoxy) is 2. The maximum absolute atomic E-state index is 6.30. The first-order valence-corrected chi connectivity index (χ1v) is 5.33. The maximum atomic E-state index is 6.30. The van der Waals surface area contributed by atoms with Crippen LogP contribution in [0.3, 0.4) is 0 Å². The van der Waals surface area contributed by atoms with E-state index in [4.69, 9.17) is 21.1 Å².